The smallest absolute Gasteiger partial charge is 0.447 e. The summed E-state index contributed by atoms with van der Waals surface area (Å²) in [7, 11) is 0. The number of aromatic nitrogens is 3. The molecule has 4 rings (SSSR count). The van der Waals surface area contributed by atoms with Crippen LogP contribution >= 0.6 is 11.6 Å². The third kappa shape index (κ3) is 5.89. The molecule has 33 heavy (non-hydrogen) atoms. The molecule has 13 heteroatoms. The van der Waals surface area contributed by atoms with E-state index in [1.807, 2.05) is 18.2 Å². The monoisotopic (exact) mass is 485 g/mol. The van der Waals surface area contributed by atoms with Gasteiger partial charge in [-0.05, 0) is 18.9 Å². The minimum Gasteiger partial charge on any atom is -0.447 e. The number of hydrogen-bond donors (Lipinski definition) is 2. The maximum Gasteiger partial charge on any atom is 0.522 e. The number of piperidine rings is 1. The van der Waals surface area contributed by atoms with Crippen molar-refractivity contribution in [1.29, 1.82) is 0 Å². The lowest BCUT2D eigenvalue weighted by Gasteiger charge is -2.28. The molecule has 0 bridgehead atoms. The number of nitrogens with zero attached hydrogens (tertiary/aromatic N) is 3. The van der Waals surface area contributed by atoms with E-state index in [1.165, 1.54) is 6.20 Å². The summed E-state index contributed by atoms with van der Waals surface area (Å²) >= 11 is 6.41. The van der Waals surface area contributed by atoms with E-state index in [1.54, 1.807) is 6.07 Å². The van der Waals surface area contributed by atoms with Crippen LogP contribution in [-0.4, -0.2) is 53.3 Å². The molecular formula is C20H19ClF3N5O4. The van der Waals surface area contributed by atoms with Gasteiger partial charge in [-0.25, -0.2) is 0 Å². The molecule has 0 spiro atoms. The van der Waals surface area contributed by atoms with Gasteiger partial charge in [0.2, 0.25) is 5.89 Å². The standard InChI is InChI=1S/C20H19ClF3N5O4/c21-16-12-3-1-2-4-14(12)26-10-13(16)17(30)27-11-5-6-15(25-9-11)18-28-29-19(33-18)31-7-8-32-20(22,23)24/h1-4,10-11,15,25H,5-9H2,(H,27,30)/t11-,15+/m0/s1. The molecular weight excluding hydrogens is 467 g/mol. The number of alkyl halides is 3. The van der Waals surface area contributed by atoms with Gasteiger partial charge in [-0.2, -0.15) is 0 Å². The van der Waals surface area contributed by atoms with Gasteiger partial charge in [-0.3, -0.25) is 14.5 Å². The number of para-hydroxylation sites is 1. The topological polar surface area (TPSA) is 111 Å². The van der Waals surface area contributed by atoms with Crippen LogP contribution in [0.5, 0.6) is 6.08 Å². The molecule has 1 aliphatic rings. The average Bonchev–Trinajstić information content (AvgIpc) is 3.26. The van der Waals surface area contributed by atoms with Gasteiger partial charge in [0.1, 0.15) is 6.61 Å². The number of carbonyl (C=O) groups excluding carboxylic acids is 1. The Morgan fingerprint density at radius 2 is 2.06 bits per heavy atom. The van der Waals surface area contributed by atoms with Crippen LogP contribution in [0.1, 0.15) is 35.1 Å². The van der Waals surface area contributed by atoms with Crippen LogP contribution in [0.4, 0.5) is 13.2 Å². The molecule has 2 N–H and O–H groups in total. The van der Waals surface area contributed by atoms with Crippen molar-refractivity contribution >= 4 is 28.4 Å². The van der Waals surface area contributed by atoms with Crippen molar-refractivity contribution in [2.45, 2.75) is 31.3 Å². The lowest BCUT2D eigenvalue weighted by Crippen LogP contribution is -2.46. The number of fused-ring (bicyclic) bond motifs is 1. The number of amides is 1. The van der Waals surface area contributed by atoms with E-state index in [9.17, 15) is 18.0 Å². The number of ether oxygens (including phenoxy) is 2. The van der Waals surface area contributed by atoms with E-state index in [0.717, 1.165) is 0 Å². The van der Waals surface area contributed by atoms with E-state index in [0.29, 0.717) is 40.9 Å². The molecule has 0 saturated carbocycles. The largest absolute Gasteiger partial charge is 0.522 e. The molecule has 1 amide bonds. The third-order valence-corrected chi connectivity index (χ3v) is 5.41. The Labute approximate surface area is 190 Å². The highest BCUT2D eigenvalue weighted by atomic mass is 35.5. The van der Waals surface area contributed by atoms with Gasteiger partial charge >= 0.3 is 12.4 Å². The Hall–Kier alpha value is -2.96. The molecule has 0 aliphatic carbocycles. The molecule has 1 aliphatic heterocycles. The molecule has 3 heterocycles. The summed E-state index contributed by atoms with van der Waals surface area (Å²) in [5.74, 6) is -0.0775. The van der Waals surface area contributed by atoms with Crippen LogP contribution in [0.25, 0.3) is 10.9 Å². The zero-order chi connectivity index (χ0) is 23.4. The van der Waals surface area contributed by atoms with Crippen LogP contribution < -0.4 is 15.4 Å². The van der Waals surface area contributed by atoms with Crippen molar-refractivity contribution in [2.24, 2.45) is 0 Å². The summed E-state index contributed by atoms with van der Waals surface area (Å²) < 4.78 is 49.7. The number of benzene rings is 1. The Kier molecular flexibility index (Phi) is 6.96. The molecule has 176 valence electrons. The zero-order valence-electron chi connectivity index (χ0n) is 17.1. The third-order valence-electron chi connectivity index (χ3n) is 5.00. The number of hydrogen-bond acceptors (Lipinski definition) is 8. The summed E-state index contributed by atoms with van der Waals surface area (Å²) in [6.45, 7) is -0.645. The highest BCUT2D eigenvalue weighted by Crippen LogP contribution is 2.27. The molecule has 1 saturated heterocycles. The van der Waals surface area contributed by atoms with Gasteiger partial charge in [0.25, 0.3) is 5.91 Å². The second kappa shape index (κ2) is 9.89. The first-order valence-corrected chi connectivity index (χ1v) is 10.4. The molecule has 1 fully saturated rings. The van der Waals surface area contributed by atoms with E-state index < -0.39 is 13.0 Å². The highest BCUT2D eigenvalue weighted by molar-refractivity contribution is 6.38. The quantitative estimate of drug-likeness (QED) is 0.490. The summed E-state index contributed by atoms with van der Waals surface area (Å²) in [5.41, 5.74) is 1.00. The van der Waals surface area contributed by atoms with Gasteiger partial charge in [0.15, 0.2) is 0 Å². The van der Waals surface area contributed by atoms with Crippen LogP contribution in [0.2, 0.25) is 5.02 Å². The maximum absolute atomic E-state index is 12.7. The fourth-order valence-electron chi connectivity index (χ4n) is 3.43. The van der Waals surface area contributed by atoms with Crippen molar-refractivity contribution in [3.63, 3.8) is 0 Å². The number of halogens is 4. The van der Waals surface area contributed by atoms with Gasteiger partial charge in [-0.15, -0.1) is 18.3 Å². The van der Waals surface area contributed by atoms with Crippen LogP contribution in [0.15, 0.2) is 34.9 Å². The normalized spacial score (nSPS) is 18.9. The van der Waals surface area contributed by atoms with Gasteiger partial charge in [0, 0.05) is 24.2 Å². The lowest BCUT2D eigenvalue weighted by molar-refractivity contribution is -0.325. The lowest BCUT2D eigenvalue weighted by atomic mass is 10.0. The van der Waals surface area contributed by atoms with Gasteiger partial charge < -0.3 is 19.8 Å². The molecule has 0 radical (unpaired) electrons. The highest BCUT2D eigenvalue weighted by Gasteiger charge is 2.29. The Morgan fingerprint density at radius 1 is 1.24 bits per heavy atom. The van der Waals surface area contributed by atoms with Crippen molar-refractivity contribution in [3.8, 4) is 6.08 Å². The first-order valence-electron chi connectivity index (χ1n) is 10.0. The molecule has 2 aromatic heterocycles. The average molecular weight is 486 g/mol. The second-order valence-corrected chi connectivity index (χ2v) is 7.64. The van der Waals surface area contributed by atoms with Crippen LogP contribution in [0.3, 0.4) is 0 Å². The Morgan fingerprint density at radius 3 is 2.82 bits per heavy atom. The van der Waals surface area contributed by atoms with E-state index in [2.05, 4.69) is 30.6 Å². The zero-order valence-corrected chi connectivity index (χ0v) is 17.8. The minimum atomic E-state index is -4.72. The van der Waals surface area contributed by atoms with Gasteiger partial charge in [0.05, 0.1) is 28.8 Å². The Balaban J connectivity index is 1.27. The maximum atomic E-state index is 12.7. The van der Waals surface area contributed by atoms with Crippen molar-refractivity contribution in [2.75, 3.05) is 19.8 Å². The van der Waals surface area contributed by atoms with Crippen molar-refractivity contribution in [1.82, 2.24) is 25.8 Å². The van der Waals surface area contributed by atoms with Crippen LogP contribution in [0, 0.1) is 0 Å². The first-order chi connectivity index (χ1) is 15.8. The molecule has 0 unspecified atom stereocenters. The summed E-state index contributed by atoms with van der Waals surface area (Å²) in [6.07, 6.45) is -2.31. The predicted molar refractivity (Wildman–Crippen MR) is 110 cm³/mol. The number of rotatable bonds is 7. The van der Waals surface area contributed by atoms with Gasteiger partial charge in [-0.1, -0.05) is 34.9 Å². The predicted octanol–water partition coefficient (Wildman–Crippen LogP) is 3.41. The fourth-order valence-corrected chi connectivity index (χ4v) is 3.72. The molecule has 3 aromatic rings. The SMILES string of the molecule is O=C(N[C@H]1CC[C@H](c2nnc(OCCOC(F)(F)F)o2)NC1)c1cnc2ccccc2c1Cl. The second-order valence-electron chi connectivity index (χ2n) is 7.26. The van der Waals surface area contributed by atoms with E-state index >= 15 is 0 Å². The molecule has 1 aromatic carbocycles. The minimum absolute atomic E-state index is 0.158. The molecule has 2 atom stereocenters. The molecule has 9 nitrogen and oxygen atoms in total. The van der Waals surface area contributed by atoms with Crippen molar-refractivity contribution in [3.05, 3.63) is 46.9 Å². The first kappa shape index (κ1) is 23.2. The number of pyridine rings is 1. The van der Waals surface area contributed by atoms with E-state index in [-0.39, 0.29) is 36.6 Å². The summed E-state index contributed by atoms with van der Waals surface area (Å²) in [5, 5.41) is 14.7. The Bertz CT molecular complexity index is 1120. The van der Waals surface area contributed by atoms with Crippen LogP contribution in [-0.2, 0) is 4.74 Å². The fraction of sp³-hybridized carbons (Fsp3) is 0.400. The summed E-state index contributed by atoms with van der Waals surface area (Å²) in [6, 6.07) is 6.86. The number of nitrogens with one attached hydrogen (secondary N) is 2. The van der Waals surface area contributed by atoms with Crippen molar-refractivity contribution < 1.29 is 31.9 Å². The summed E-state index contributed by atoms with van der Waals surface area (Å²) in [4.78, 5) is 17.0. The van der Waals surface area contributed by atoms with E-state index in [4.69, 9.17) is 20.8 Å². The number of carbonyl (C=O) groups is 1.